The van der Waals surface area contributed by atoms with E-state index in [-0.39, 0.29) is 5.91 Å². The summed E-state index contributed by atoms with van der Waals surface area (Å²) in [6, 6.07) is 9.23. The number of anilines is 1. The van der Waals surface area contributed by atoms with Gasteiger partial charge in [0, 0.05) is 17.5 Å². The molecule has 4 nitrogen and oxygen atoms in total. The maximum absolute atomic E-state index is 11.7. The van der Waals surface area contributed by atoms with Crippen LogP contribution in [0.4, 0.5) is 5.69 Å². The van der Waals surface area contributed by atoms with Crippen molar-refractivity contribution in [3.8, 4) is 0 Å². The van der Waals surface area contributed by atoms with Crippen molar-refractivity contribution in [2.45, 2.75) is 57.5 Å². The number of carbonyl (C=O) groups excluding carboxylic acids is 1. The molecule has 0 saturated heterocycles. The molecule has 1 amide bonds. The molecule has 2 aliphatic heterocycles. The highest BCUT2D eigenvalue weighted by atomic mass is 32.2. The Bertz CT molecular complexity index is 695. The zero-order chi connectivity index (χ0) is 16.5. The van der Waals surface area contributed by atoms with E-state index in [2.05, 4.69) is 27.8 Å². The largest absolute Gasteiger partial charge is 0.326 e. The number of rotatable bonds is 4. The number of hydrogen-bond acceptors (Lipinski definition) is 4. The summed E-state index contributed by atoms with van der Waals surface area (Å²) < 4.78 is 0. The summed E-state index contributed by atoms with van der Waals surface area (Å²) in [7, 11) is 0. The lowest BCUT2D eigenvalue weighted by atomic mass is 9.90. The van der Waals surface area contributed by atoms with E-state index in [1.54, 1.807) is 11.8 Å². The van der Waals surface area contributed by atoms with Crippen molar-refractivity contribution >= 4 is 34.2 Å². The fourth-order valence-electron chi connectivity index (χ4n) is 3.81. The normalized spacial score (nSPS) is 25.0. The smallest absolute Gasteiger partial charge is 0.224 e. The zero-order valence-electron chi connectivity index (χ0n) is 14.0. The van der Waals surface area contributed by atoms with Crippen molar-refractivity contribution in [1.82, 2.24) is 4.90 Å². The van der Waals surface area contributed by atoms with E-state index in [1.807, 2.05) is 19.1 Å². The third-order valence-corrected chi connectivity index (χ3v) is 5.84. The summed E-state index contributed by atoms with van der Waals surface area (Å²) in [6.45, 7) is 2.01. The second-order valence-electron chi connectivity index (χ2n) is 6.70. The first-order valence-electron chi connectivity index (χ1n) is 8.90. The van der Waals surface area contributed by atoms with Gasteiger partial charge in [0.05, 0.1) is 17.8 Å². The van der Waals surface area contributed by atoms with Gasteiger partial charge in [0.25, 0.3) is 0 Å². The van der Waals surface area contributed by atoms with Crippen LogP contribution in [0.1, 0.15) is 51.0 Å². The van der Waals surface area contributed by atoms with Crippen LogP contribution in [0, 0.1) is 0 Å². The molecule has 0 bridgehead atoms. The molecule has 4 rings (SSSR count). The van der Waals surface area contributed by atoms with Crippen LogP contribution in [0.2, 0.25) is 0 Å². The van der Waals surface area contributed by atoms with Crippen LogP contribution in [-0.2, 0) is 4.79 Å². The van der Waals surface area contributed by atoms with Crippen molar-refractivity contribution in [2.24, 2.45) is 4.99 Å². The molecule has 1 N–H and O–H groups in total. The van der Waals surface area contributed by atoms with Crippen molar-refractivity contribution in [2.75, 3.05) is 5.32 Å². The van der Waals surface area contributed by atoms with Crippen LogP contribution in [-0.4, -0.2) is 28.1 Å². The second-order valence-corrected chi connectivity index (χ2v) is 7.53. The molecule has 126 valence electrons. The summed E-state index contributed by atoms with van der Waals surface area (Å²) in [4.78, 5) is 19.1. The van der Waals surface area contributed by atoms with Crippen molar-refractivity contribution < 1.29 is 4.79 Å². The van der Waals surface area contributed by atoms with E-state index in [9.17, 15) is 4.79 Å². The van der Waals surface area contributed by atoms with Gasteiger partial charge in [-0.3, -0.25) is 9.79 Å². The fraction of sp³-hybridized carbons (Fsp3) is 0.474. The van der Waals surface area contributed by atoms with Crippen LogP contribution in [0.25, 0.3) is 5.70 Å². The predicted molar refractivity (Wildman–Crippen MR) is 101 cm³/mol. The molecule has 1 aliphatic carbocycles. The third-order valence-electron chi connectivity index (χ3n) is 4.98. The molecular formula is C19H23N3OS. The molecule has 0 unspecified atom stereocenters. The lowest BCUT2D eigenvalue weighted by molar-refractivity contribution is -0.116. The van der Waals surface area contributed by atoms with E-state index in [4.69, 9.17) is 4.99 Å². The van der Waals surface area contributed by atoms with E-state index < -0.39 is 0 Å². The highest BCUT2D eigenvalue weighted by Crippen LogP contribution is 2.44. The Balaban J connectivity index is 1.50. The standard InChI is InChI=1S/C19H23N3OS/c1-2-5-18(23)20-14-10-8-13(9-11-14)17-12-24-19-21-15-6-3-4-7-16(15)22(17)19/h8-12,15-16H,2-7H2,1H3,(H,20,23)/t15-,16+/m1/s1. The SMILES string of the molecule is CCCC(=O)Nc1ccc(C2=CSC3=N[C@@H]4CCCC[C@@H]4N23)cc1. The number of fused-ring (bicyclic) bond motifs is 3. The minimum Gasteiger partial charge on any atom is -0.326 e. The molecule has 24 heavy (non-hydrogen) atoms. The maximum atomic E-state index is 11.7. The van der Waals surface area contributed by atoms with Gasteiger partial charge < -0.3 is 10.2 Å². The molecule has 1 aromatic rings. The van der Waals surface area contributed by atoms with Gasteiger partial charge in [0.1, 0.15) is 0 Å². The first-order valence-corrected chi connectivity index (χ1v) is 9.78. The Morgan fingerprint density at radius 2 is 2.08 bits per heavy atom. The van der Waals surface area contributed by atoms with Gasteiger partial charge in [-0.2, -0.15) is 0 Å². The number of thioether (sulfide) groups is 1. The lowest BCUT2D eigenvalue weighted by Gasteiger charge is -2.32. The van der Waals surface area contributed by atoms with Crippen LogP contribution < -0.4 is 5.32 Å². The monoisotopic (exact) mass is 341 g/mol. The molecular weight excluding hydrogens is 318 g/mol. The number of carbonyl (C=O) groups is 1. The minimum atomic E-state index is 0.0832. The summed E-state index contributed by atoms with van der Waals surface area (Å²) in [5.41, 5.74) is 3.33. The number of amides is 1. The topological polar surface area (TPSA) is 44.7 Å². The van der Waals surface area contributed by atoms with Crippen molar-refractivity contribution in [3.63, 3.8) is 0 Å². The Morgan fingerprint density at radius 1 is 1.29 bits per heavy atom. The molecule has 0 radical (unpaired) electrons. The first-order chi connectivity index (χ1) is 11.8. The van der Waals surface area contributed by atoms with Crippen LogP contribution in [0.3, 0.4) is 0 Å². The Labute approximate surface area is 147 Å². The average Bonchev–Trinajstić information content (AvgIpc) is 3.15. The summed E-state index contributed by atoms with van der Waals surface area (Å²) in [5, 5.41) is 6.34. The molecule has 1 saturated carbocycles. The highest BCUT2D eigenvalue weighted by Gasteiger charge is 2.41. The number of nitrogens with one attached hydrogen (secondary N) is 1. The van der Waals surface area contributed by atoms with Crippen molar-refractivity contribution in [3.05, 3.63) is 35.2 Å². The average molecular weight is 341 g/mol. The summed E-state index contributed by atoms with van der Waals surface area (Å²) in [5.74, 6) is 0.0832. The maximum Gasteiger partial charge on any atom is 0.224 e. The number of amidine groups is 1. The molecule has 0 aromatic heterocycles. The van der Waals surface area contributed by atoms with Crippen molar-refractivity contribution in [1.29, 1.82) is 0 Å². The van der Waals surface area contributed by atoms with Crippen LogP contribution >= 0.6 is 11.8 Å². The minimum absolute atomic E-state index is 0.0832. The molecule has 1 aromatic carbocycles. The van der Waals surface area contributed by atoms with Gasteiger partial charge >= 0.3 is 0 Å². The van der Waals surface area contributed by atoms with Gasteiger partial charge in [-0.05, 0) is 37.0 Å². The summed E-state index contributed by atoms with van der Waals surface area (Å²) >= 11 is 1.75. The number of aliphatic imine (C=N–C) groups is 1. The zero-order valence-corrected chi connectivity index (χ0v) is 14.8. The first kappa shape index (κ1) is 15.8. The Kier molecular flexibility index (Phi) is 4.35. The van der Waals surface area contributed by atoms with Gasteiger partial charge in [-0.1, -0.05) is 43.7 Å². The molecule has 3 aliphatic rings. The predicted octanol–water partition coefficient (Wildman–Crippen LogP) is 4.45. The number of nitrogens with zero attached hydrogens (tertiary/aromatic N) is 2. The molecule has 5 heteroatoms. The quantitative estimate of drug-likeness (QED) is 0.880. The molecule has 0 spiro atoms. The summed E-state index contributed by atoms with van der Waals surface area (Å²) in [6.07, 6.45) is 6.51. The van der Waals surface area contributed by atoms with Crippen LogP contribution in [0.5, 0.6) is 0 Å². The van der Waals surface area contributed by atoms with E-state index >= 15 is 0 Å². The highest BCUT2D eigenvalue weighted by molar-refractivity contribution is 8.16. The number of benzene rings is 1. The Hall–Kier alpha value is -1.75. The van der Waals surface area contributed by atoms with Gasteiger partial charge in [-0.25, -0.2) is 0 Å². The number of hydrogen-bond donors (Lipinski definition) is 1. The van der Waals surface area contributed by atoms with Gasteiger partial charge in [0.2, 0.25) is 5.91 Å². The van der Waals surface area contributed by atoms with E-state index in [1.165, 1.54) is 42.1 Å². The van der Waals surface area contributed by atoms with E-state index in [0.29, 0.717) is 18.5 Å². The second kappa shape index (κ2) is 6.63. The van der Waals surface area contributed by atoms with Gasteiger partial charge in [0.15, 0.2) is 5.17 Å². The van der Waals surface area contributed by atoms with Crippen LogP contribution in [0.15, 0.2) is 34.7 Å². The lowest BCUT2D eigenvalue weighted by Crippen LogP contribution is -2.38. The molecule has 2 heterocycles. The third kappa shape index (κ3) is 2.86. The molecule has 1 fully saturated rings. The Morgan fingerprint density at radius 3 is 2.88 bits per heavy atom. The fourth-order valence-corrected chi connectivity index (χ4v) is 4.82. The van der Waals surface area contributed by atoms with E-state index in [0.717, 1.165) is 12.1 Å². The van der Waals surface area contributed by atoms with Gasteiger partial charge in [-0.15, -0.1) is 0 Å². The molecule has 2 atom stereocenters.